The largest absolute Gasteiger partial charge is 0.456 e. The molecule has 0 N–H and O–H groups in total. The minimum absolute atomic E-state index is 0.367. The fourth-order valence-corrected chi connectivity index (χ4v) is 2.19. The van der Waals surface area contributed by atoms with Crippen molar-refractivity contribution in [2.75, 3.05) is 0 Å². The predicted molar refractivity (Wildman–Crippen MR) is 65.3 cm³/mol. The minimum atomic E-state index is -4.86. The molecular formula is C14H8F3NO. The van der Waals surface area contributed by atoms with Gasteiger partial charge >= 0.3 is 6.18 Å². The van der Waals surface area contributed by atoms with Gasteiger partial charge in [0, 0.05) is 11.6 Å². The Morgan fingerprint density at radius 1 is 1.00 bits per heavy atom. The van der Waals surface area contributed by atoms with Crippen LogP contribution in [0.2, 0.25) is 0 Å². The number of aromatic nitrogens is 1. The lowest BCUT2D eigenvalue weighted by molar-refractivity contribution is -0.0888. The van der Waals surface area contributed by atoms with E-state index < -0.39 is 12.0 Å². The van der Waals surface area contributed by atoms with Gasteiger partial charge in [0.15, 0.2) is 0 Å². The highest BCUT2D eigenvalue weighted by Crippen LogP contribution is 2.26. The summed E-state index contributed by atoms with van der Waals surface area (Å²) in [7, 11) is 0. The van der Waals surface area contributed by atoms with Crippen LogP contribution in [-0.2, 0) is 0 Å². The van der Waals surface area contributed by atoms with Crippen molar-refractivity contribution < 1.29 is 18.0 Å². The van der Waals surface area contributed by atoms with Crippen LogP contribution < -0.4 is 0 Å². The Labute approximate surface area is 106 Å². The summed E-state index contributed by atoms with van der Waals surface area (Å²) >= 11 is 0. The van der Waals surface area contributed by atoms with Crippen molar-refractivity contribution in [2.45, 2.75) is 6.18 Å². The minimum Gasteiger partial charge on any atom is -0.313 e. The van der Waals surface area contributed by atoms with Gasteiger partial charge in [0.25, 0.3) is 5.78 Å². The molecule has 2 heterocycles. The number of halogens is 3. The highest BCUT2D eigenvalue weighted by molar-refractivity contribution is 6.03. The summed E-state index contributed by atoms with van der Waals surface area (Å²) in [6, 6.07) is 11.8. The zero-order chi connectivity index (χ0) is 13.6. The Balaban J connectivity index is 2.31. The van der Waals surface area contributed by atoms with Crippen molar-refractivity contribution in [2.24, 2.45) is 0 Å². The van der Waals surface area contributed by atoms with Gasteiger partial charge in [-0.05, 0) is 23.6 Å². The Hall–Kier alpha value is -2.30. The maximum atomic E-state index is 12.5. The number of pyridine rings is 1. The predicted octanol–water partition coefficient (Wildman–Crippen LogP) is 3.84. The first-order valence-corrected chi connectivity index (χ1v) is 5.59. The van der Waals surface area contributed by atoms with E-state index >= 15 is 0 Å². The third-order valence-electron chi connectivity index (χ3n) is 3.05. The number of Topliss-reactive ketones (excluding diaryl/α,β-unsaturated/α-hetero) is 1. The number of benzene rings is 1. The third-order valence-corrected chi connectivity index (χ3v) is 3.05. The molecule has 0 saturated carbocycles. The summed E-state index contributed by atoms with van der Waals surface area (Å²) < 4.78 is 38.8. The number of fused-ring (bicyclic) bond motifs is 3. The third kappa shape index (κ3) is 1.78. The number of hydrogen-bond acceptors (Lipinski definition) is 1. The quantitative estimate of drug-likeness (QED) is 0.611. The maximum Gasteiger partial charge on any atom is 0.456 e. The van der Waals surface area contributed by atoms with Gasteiger partial charge in [-0.25, -0.2) is 0 Å². The van der Waals surface area contributed by atoms with Crippen LogP contribution >= 0.6 is 0 Å². The molecule has 0 fully saturated rings. The first kappa shape index (κ1) is 11.8. The molecule has 3 aromatic rings. The summed E-state index contributed by atoms with van der Waals surface area (Å²) in [6.07, 6.45) is -3.38. The Kier molecular flexibility index (Phi) is 2.38. The number of hydrogen-bond donors (Lipinski definition) is 0. The normalized spacial score (nSPS) is 12.2. The Morgan fingerprint density at radius 2 is 1.74 bits per heavy atom. The molecule has 0 spiro atoms. The van der Waals surface area contributed by atoms with Gasteiger partial charge in [0.1, 0.15) is 0 Å². The number of carbonyl (C=O) groups excluding carboxylic acids is 1. The van der Waals surface area contributed by atoms with E-state index in [1.54, 1.807) is 12.1 Å². The van der Waals surface area contributed by atoms with Gasteiger partial charge in [-0.15, -0.1) is 0 Å². The molecule has 2 nitrogen and oxygen atoms in total. The van der Waals surface area contributed by atoms with Gasteiger partial charge in [-0.2, -0.15) is 13.2 Å². The average molecular weight is 263 g/mol. The van der Waals surface area contributed by atoms with Gasteiger partial charge in [0.05, 0.1) is 11.2 Å². The highest BCUT2D eigenvalue weighted by atomic mass is 19.4. The molecule has 0 aliphatic heterocycles. The van der Waals surface area contributed by atoms with E-state index in [9.17, 15) is 18.0 Å². The second kappa shape index (κ2) is 3.85. The fraction of sp³-hybridized carbons (Fsp3) is 0.0714. The van der Waals surface area contributed by atoms with Crippen LogP contribution in [0.15, 0.2) is 48.7 Å². The van der Waals surface area contributed by atoms with Crippen LogP contribution in [-0.4, -0.2) is 16.4 Å². The molecule has 0 atom stereocenters. The van der Waals surface area contributed by atoms with Crippen molar-refractivity contribution in [1.82, 2.24) is 4.40 Å². The van der Waals surface area contributed by atoms with E-state index in [-0.39, 0.29) is 5.69 Å². The van der Waals surface area contributed by atoms with Crippen LogP contribution in [0.4, 0.5) is 13.2 Å². The first-order chi connectivity index (χ1) is 8.98. The highest BCUT2D eigenvalue weighted by Gasteiger charge is 2.40. The number of nitrogens with zero attached hydrogens (tertiary/aromatic N) is 1. The van der Waals surface area contributed by atoms with E-state index in [0.717, 1.165) is 10.8 Å². The molecule has 0 radical (unpaired) electrons. The summed E-state index contributed by atoms with van der Waals surface area (Å²) in [4.78, 5) is 11.3. The molecule has 0 aliphatic carbocycles. The number of alkyl halides is 3. The molecule has 96 valence electrons. The van der Waals surface area contributed by atoms with E-state index in [2.05, 4.69) is 0 Å². The van der Waals surface area contributed by atoms with E-state index in [0.29, 0.717) is 5.52 Å². The number of carbonyl (C=O) groups is 1. The van der Waals surface area contributed by atoms with Gasteiger partial charge in [-0.1, -0.05) is 24.3 Å². The molecule has 5 heteroatoms. The molecule has 0 aliphatic rings. The van der Waals surface area contributed by atoms with Crippen LogP contribution in [0.1, 0.15) is 10.5 Å². The lowest BCUT2D eigenvalue weighted by Gasteiger charge is -2.07. The number of ketones is 1. The van der Waals surface area contributed by atoms with E-state index in [1.807, 2.05) is 18.2 Å². The molecule has 0 amide bonds. The zero-order valence-corrected chi connectivity index (χ0v) is 9.61. The van der Waals surface area contributed by atoms with Crippen molar-refractivity contribution >= 4 is 22.1 Å². The van der Waals surface area contributed by atoms with Crippen LogP contribution in [0.5, 0.6) is 0 Å². The SMILES string of the molecule is O=C(c1ccc2c3ccccc3ccn12)C(F)(F)F. The number of rotatable bonds is 1. The van der Waals surface area contributed by atoms with Gasteiger partial charge in [0.2, 0.25) is 0 Å². The van der Waals surface area contributed by atoms with Crippen molar-refractivity contribution in [1.29, 1.82) is 0 Å². The molecule has 2 aromatic heterocycles. The zero-order valence-electron chi connectivity index (χ0n) is 9.61. The standard InChI is InChI=1S/C14H8F3NO/c15-14(16,17)13(19)12-6-5-11-10-4-2-1-3-9(10)7-8-18(11)12/h1-8H. The van der Waals surface area contributed by atoms with Crippen molar-refractivity contribution in [3.63, 3.8) is 0 Å². The van der Waals surface area contributed by atoms with Crippen molar-refractivity contribution in [3.8, 4) is 0 Å². The Morgan fingerprint density at radius 3 is 2.47 bits per heavy atom. The van der Waals surface area contributed by atoms with E-state index in [4.69, 9.17) is 0 Å². The van der Waals surface area contributed by atoms with Gasteiger partial charge < -0.3 is 4.40 Å². The summed E-state index contributed by atoms with van der Waals surface area (Å²) in [5, 5.41) is 1.73. The molecular weight excluding hydrogens is 255 g/mol. The topological polar surface area (TPSA) is 21.5 Å². The fourth-order valence-electron chi connectivity index (χ4n) is 2.19. The molecule has 0 unspecified atom stereocenters. The summed E-state index contributed by atoms with van der Waals surface area (Å²) in [6.45, 7) is 0. The van der Waals surface area contributed by atoms with E-state index in [1.165, 1.54) is 22.7 Å². The Bertz CT molecular complexity index is 786. The van der Waals surface area contributed by atoms with Gasteiger partial charge in [-0.3, -0.25) is 4.79 Å². The molecule has 3 rings (SSSR count). The monoisotopic (exact) mass is 263 g/mol. The van der Waals surface area contributed by atoms with Crippen LogP contribution in [0, 0.1) is 0 Å². The molecule has 1 aromatic carbocycles. The second-order valence-electron chi connectivity index (χ2n) is 4.20. The maximum absolute atomic E-state index is 12.5. The summed E-state index contributed by atoms with van der Waals surface area (Å²) in [5.41, 5.74) is 0.221. The summed E-state index contributed by atoms with van der Waals surface area (Å²) in [5.74, 6) is -1.83. The lowest BCUT2D eigenvalue weighted by Crippen LogP contribution is -2.24. The first-order valence-electron chi connectivity index (χ1n) is 5.59. The van der Waals surface area contributed by atoms with Crippen LogP contribution in [0.3, 0.4) is 0 Å². The van der Waals surface area contributed by atoms with Crippen molar-refractivity contribution in [3.05, 3.63) is 54.4 Å². The molecule has 0 bridgehead atoms. The van der Waals surface area contributed by atoms with Crippen LogP contribution in [0.25, 0.3) is 16.3 Å². The second-order valence-corrected chi connectivity index (χ2v) is 4.20. The smallest absolute Gasteiger partial charge is 0.313 e. The average Bonchev–Trinajstić information content (AvgIpc) is 2.80. The molecule has 0 saturated heterocycles. The lowest BCUT2D eigenvalue weighted by atomic mass is 10.1. The molecule has 19 heavy (non-hydrogen) atoms.